The van der Waals surface area contributed by atoms with Crippen LogP contribution in [0.25, 0.3) is 0 Å². The third-order valence-corrected chi connectivity index (χ3v) is 5.02. The minimum atomic E-state index is -1.17. The van der Waals surface area contributed by atoms with E-state index in [9.17, 15) is 14.7 Å². The minimum Gasteiger partial charge on any atom is -0.545 e. The molecule has 0 bridgehead atoms. The van der Waals surface area contributed by atoms with Crippen molar-refractivity contribution in [2.75, 3.05) is 5.32 Å². The molecule has 2 atom stereocenters. The standard InChI is InChI=1S/C13H15NO3S/c1-6-5-8(6)11(15)14-12-10(13(16)17)7-3-2-4-9(7)18-12/h6,8H,2-5H2,1H3,(H,14,15)(H,16,17)/p-1/t6-,8+/m0/s1. The molecule has 5 heteroatoms. The number of aryl methyl sites for hydroxylation is 1. The lowest BCUT2D eigenvalue weighted by atomic mass is 10.1. The van der Waals surface area contributed by atoms with E-state index in [1.54, 1.807) is 0 Å². The van der Waals surface area contributed by atoms with Gasteiger partial charge in [-0.25, -0.2) is 0 Å². The fraction of sp³-hybridized carbons (Fsp3) is 0.538. The molecule has 2 aliphatic carbocycles. The van der Waals surface area contributed by atoms with Gasteiger partial charge in [-0.05, 0) is 37.2 Å². The summed E-state index contributed by atoms with van der Waals surface area (Å²) in [6.45, 7) is 2.03. The Balaban J connectivity index is 1.87. The highest BCUT2D eigenvalue weighted by atomic mass is 32.1. The minimum absolute atomic E-state index is 0.0510. The highest BCUT2D eigenvalue weighted by Crippen LogP contribution is 2.42. The molecule has 1 N–H and O–H groups in total. The number of amides is 1. The lowest BCUT2D eigenvalue weighted by Gasteiger charge is -2.08. The molecule has 1 aromatic rings. The molecule has 0 saturated heterocycles. The van der Waals surface area contributed by atoms with Gasteiger partial charge in [0.2, 0.25) is 5.91 Å². The molecule has 1 amide bonds. The summed E-state index contributed by atoms with van der Waals surface area (Å²) in [5.41, 5.74) is 1.09. The normalized spacial score (nSPS) is 24.7. The molecule has 3 rings (SSSR count). The number of anilines is 1. The van der Waals surface area contributed by atoms with Crippen molar-refractivity contribution in [2.24, 2.45) is 11.8 Å². The molecule has 0 spiro atoms. The summed E-state index contributed by atoms with van der Waals surface area (Å²) in [5, 5.41) is 14.5. The van der Waals surface area contributed by atoms with Crippen molar-refractivity contribution in [1.29, 1.82) is 0 Å². The molecule has 0 unspecified atom stereocenters. The summed E-state index contributed by atoms with van der Waals surface area (Å²) in [6, 6.07) is 0. The highest BCUT2D eigenvalue weighted by molar-refractivity contribution is 7.17. The Morgan fingerprint density at radius 3 is 2.72 bits per heavy atom. The number of hydrogen-bond acceptors (Lipinski definition) is 4. The van der Waals surface area contributed by atoms with E-state index in [4.69, 9.17) is 0 Å². The number of aromatic carboxylic acids is 1. The topological polar surface area (TPSA) is 69.2 Å². The van der Waals surface area contributed by atoms with Crippen LogP contribution < -0.4 is 10.4 Å². The summed E-state index contributed by atoms with van der Waals surface area (Å²) >= 11 is 1.40. The maximum absolute atomic E-state index is 11.9. The Morgan fingerprint density at radius 2 is 2.11 bits per heavy atom. The average molecular weight is 264 g/mol. The van der Waals surface area contributed by atoms with Gasteiger partial charge in [0.05, 0.1) is 5.97 Å². The summed E-state index contributed by atoms with van der Waals surface area (Å²) in [6.07, 6.45) is 3.59. The summed E-state index contributed by atoms with van der Waals surface area (Å²) in [7, 11) is 0. The van der Waals surface area contributed by atoms with Crippen molar-refractivity contribution in [3.8, 4) is 0 Å². The second-order valence-corrected chi connectivity index (χ2v) is 6.26. The number of nitrogens with one attached hydrogen (secondary N) is 1. The molecule has 18 heavy (non-hydrogen) atoms. The first-order chi connectivity index (χ1) is 8.58. The molecule has 1 saturated carbocycles. The van der Waals surface area contributed by atoms with Crippen molar-refractivity contribution >= 4 is 28.2 Å². The number of carboxylic acid groups (broad SMARTS) is 1. The zero-order valence-corrected chi connectivity index (χ0v) is 10.9. The summed E-state index contributed by atoms with van der Waals surface area (Å²) in [5.74, 6) is -0.752. The van der Waals surface area contributed by atoms with Crippen LogP contribution in [0.3, 0.4) is 0 Å². The first kappa shape index (κ1) is 11.7. The zero-order chi connectivity index (χ0) is 12.9. The molecule has 0 aromatic carbocycles. The summed E-state index contributed by atoms with van der Waals surface area (Å²) in [4.78, 5) is 24.2. The molecule has 0 radical (unpaired) electrons. The van der Waals surface area contributed by atoms with Crippen LogP contribution in [0.1, 0.15) is 40.6 Å². The monoisotopic (exact) mass is 264 g/mol. The van der Waals surface area contributed by atoms with Crippen molar-refractivity contribution in [3.63, 3.8) is 0 Å². The number of rotatable bonds is 3. The number of carbonyl (C=O) groups excluding carboxylic acids is 2. The van der Waals surface area contributed by atoms with Gasteiger partial charge in [-0.2, -0.15) is 0 Å². The quantitative estimate of drug-likeness (QED) is 0.891. The van der Waals surface area contributed by atoms with E-state index < -0.39 is 5.97 Å². The number of fused-ring (bicyclic) bond motifs is 1. The van der Waals surface area contributed by atoms with Crippen LogP contribution in [-0.4, -0.2) is 11.9 Å². The van der Waals surface area contributed by atoms with Gasteiger partial charge in [-0.15, -0.1) is 11.3 Å². The maximum Gasteiger partial charge on any atom is 0.228 e. The third kappa shape index (κ3) is 1.82. The van der Waals surface area contributed by atoms with E-state index in [-0.39, 0.29) is 17.4 Å². The van der Waals surface area contributed by atoms with Gasteiger partial charge in [0.1, 0.15) is 5.00 Å². The molecular weight excluding hydrogens is 250 g/mol. The summed E-state index contributed by atoms with van der Waals surface area (Å²) < 4.78 is 0. The maximum atomic E-state index is 11.9. The smallest absolute Gasteiger partial charge is 0.228 e. The Hall–Kier alpha value is -1.36. The molecule has 0 aliphatic heterocycles. The lowest BCUT2D eigenvalue weighted by molar-refractivity contribution is -0.254. The number of carboxylic acids is 1. The molecule has 96 valence electrons. The predicted molar refractivity (Wildman–Crippen MR) is 66.6 cm³/mol. The number of thiophene rings is 1. The number of carbonyl (C=O) groups is 2. The Bertz CT molecular complexity index is 535. The predicted octanol–water partition coefficient (Wildman–Crippen LogP) is 1.19. The fourth-order valence-corrected chi connectivity index (χ4v) is 3.88. The van der Waals surface area contributed by atoms with E-state index in [1.807, 2.05) is 6.92 Å². The van der Waals surface area contributed by atoms with Crippen molar-refractivity contribution in [2.45, 2.75) is 32.6 Å². The van der Waals surface area contributed by atoms with E-state index in [2.05, 4.69) is 5.32 Å². The first-order valence-corrected chi connectivity index (χ1v) is 7.06. The van der Waals surface area contributed by atoms with Crippen LogP contribution in [0.2, 0.25) is 0 Å². The van der Waals surface area contributed by atoms with Gasteiger partial charge in [0.15, 0.2) is 0 Å². The Kier molecular flexibility index (Phi) is 2.66. The SMILES string of the molecule is C[C@H]1C[C@H]1C(=O)Nc1sc2c(c1C(=O)[O-])CCC2. The third-order valence-electron chi connectivity index (χ3n) is 3.81. The van der Waals surface area contributed by atoms with Crippen molar-refractivity contribution in [1.82, 2.24) is 0 Å². The van der Waals surface area contributed by atoms with Gasteiger partial charge in [-0.3, -0.25) is 4.79 Å². The van der Waals surface area contributed by atoms with Gasteiger partial charge in [0.25, 0.3) is 0 Å². The molecule has 1 aromatic heterocycles. The van der Waals surface area contributed by atoms with Crippen molar-refractivity contribution < 1.29 is 14.7 Å². The molecule has 1 heterocycles. The highest BCUT2D eigenvalue weighted by Gasteiger charge is 2.39. The second-order valence-electron chi connectivity index (χ2n) is 5.16. The van der Waals surface area contributed by atoms with Gasteiger partial charge in [-0.1, -0.05) is 6.92 Å². The number of hydrogen-bond donors (Lipinski definition) is 1. The second kappa shape index (κ2) is 4.09. The van der Waals surface area contributed by atoms with Gasteiger partial charge in [0, 0.05) is 16.4 Å². The largest absolute Gasteiger partial charge is 0.545 e. The van der Waals surface area contributed by atoms with E-state index in [0.29, 0.717) is 10.9 Å². The van der Waals surface area contributed by atoms with Crippen LogP contribution in [0.4, 0.5) is 5.00 Å². The molecule has 4 nitrogen and oxygen atoms in total. The van der Waals surface area contributed by atoms with Crippen LogP contribution in [0, 0.1) is 11.8 Å². The van der Waals surface area contributed by atoms with Gasteiger partial charge < -0.3 is 15.2 Å². The Morgan fingerprint density at radius 1 is 1.39 bits per heavy atom. The molecule has 2 aliphatic rings. The van der Waals surface area contributed by atoms with Crippen LogP contribution in [0.5, 0.6) is 0 Å². The van der Waals surface area contributed by atoms with Crippen LogP contribution in [-0.2, 0) is 17.6 Å². The Labute approximate surface area is 109 Å². The molecule has 1 fully saturated rings. The zero-order valence-electron chi connectivity index (χ0n) is 10.1. The fourth-order valence-electron chi connectivity index (χ4n) is 2.60. The lowest BCUT2D eigenvalue weighted by Crippen LogP contribution is -2.25. The first-order valence-electron chi connectivity index (χ1n) is 6.24. The van der Waals surface area contributed by atoms with E-state index >= 15 is 0 Å². The van der Waals surface area contributed by atoms with Crippen LogP contribution >= 0.6 is 11.3 Å². The van der Waals surface area contributed by atoms with Gasteiger partial charge >= 0.3 is 0 Å². The molecular formula is C13H14NO3S-. The average Bonchev–Trinajstić information content (AvgIpc) is 2.70. The van der Waals surface area contributed by atoms with Crippen LogP contribution in [0.15, 0.2) is 0 Å². The van der Waals surface area contributed by atoms with Crippen molar-refractivity contribution in [3.05, 3.63) is 16.0 Å². The van der Waals surface area contributed by atoms with E-state index in [0.717, 1.165) is 36.1 Å². The van der Waals surface area contributed by atoms with E-state index in [1.165, 1.54) is 11.3 Å².